The smallest absolute Gasteiger partial charge is 0.406 e. The zero-order valence-corrected chi connectivity index (χ0v) is 10.0. The highest BCUT2D eigenvalue weighted by molar-refractivity contribution is 5.78. The first-order valence-corrected chi connectivity index (χ1v) is 5.63. The Morgan fingerprint density at radius 1 is 1.37 bits per heavy atom. The van der Waals surface area contributed by atoms with Gasteiger partial charge in [0.05, 0.1) is 6.42 Å². The maximum absolute atomic E-state index is 12.0. The Kier molecular flexibility index (Phi) is 5.62. The van der Waals surface area contributed by atoms with E-state index in [0.29, 0.717) is 18.5 Å². The van der Waals surface area contributed by atoms with E-state index in [2.05, 4.69) is 10.1 Å². The molecule has 106 valence electrons. The second-order valence-corrected chi connectivity index (χ2v) is 3.80. The number of hydrogen-bond acceptors (Lipinski definition) is 3. The molecule has 0 radical (unpaired) electrons. The number of ether oxygens (including phenoxy) is 1. The molecule has 1 aromatic carbocycles. The Balaban J connectivity index is 2.54. The number of aliphatic hydroxyl groups excluding tert-OH is 1. The molecule has 0 spiro atoms. The molecular formula is C12H14F3NO3. The van der Waals surface area contributed by atoms with Crippen molar-refractivity contribution in [3.8, 4) is 5.75 Å². The molecule has 1 rings (SSSR count). The fraction of sp³-hybridized carbons (Fsp3) is 0.417. The summed E-state index contributed by atoms with van der Waals surface area (Å²) < 4.78 is 39.8. The molecule has 1 aromatic rings. The Bertz CT molecular complexity index is 421. The van der Waals surface area contributed by atoms with Gasteiger partial charge in [-0.2, -0.15) is 0 Å². The predicted octanol–water partition coefficient (Wildman–Crippen LogP) is 1.63. The van der Waals surface area contributed by atoms with Crippen LogP contribution in [-0.4, -0.2) is 30.5 Å². The summed E-state index contributed by atoms with van der Waals surface area (Å²) in [6.45, 7) is 0.295. The number of hydrogen-bond donors (Lipinski definition) is 2. The van der Waals surface area contributed by atoms with E-state index in [1.165, 1.54) is 24.3 Å². The highest BCUT2D eigenvalue weighted by Gasteiger charge is 2.31. The van der Waals surface area contributed by atoms with E-state index in [0.717, 1.165) is 0 Å². The van der Waals surface area contributed by atoms with Crippen LogP contribution in [0.2, 0.25) is 0 Å². The molecule has 0 saturated carbocycles. The molecule has 0 saturated heterocycles. The molecule has 19 heavy (non-hydrogen) atoms. The van der Waals surface area contributed by atoms with Gasteiger partial charge in [0.25, 0.3) is 0 Å². The standard InChI is InChI=1S/C12H14F3NO3/c13-12(14,15)19-10-4-1-3-9(7-10)8-11(18)16-5-2-6-17/h1,3-4,7,17H,2,5-6,8H2,(H,16,18). The van der Waals surface area contributed by atoms with Crippen molar-refractivity contribution in [1.82, 2.24) is 5.32 Å². The quantitative estimate of drug-likeness (QED) is 0.777. The van der Waals surface area contributed by atoms with E-state index in [-0.39, 0.29) is 24.7 Å². The number of aliphatic hydroxyl groups is 1. The molecule has 0 aromatic heterocycles. The van der Waals surface area contributed by atoms with Gasteiger partial charge in [-0.3, -0.25) is 4.79 Å². The lowest BCUT2D eigenvalue weighted by molar-refractivity contribution is -0.274. The van der Waals surface area contributed by atoms with Crippen LogP contribution in [0.25, 0.3) is 0 Å². The number of carbonyl (C=O) groups excluding carboxylic acids is 1. The van der Waals surface area contributed by atoms with Crippen molar-refractivity contribution in [2.75, 3.05) is 13.2 Å². The average molecular weight is 277 g/mol. The summed E-state index contributed by atoms with van der Waals surface area (Å²) in [5.74, 6) is -0.675. The molecule has 0 unspecified atom stereocenters. The highest BCUT2D eigenvalue weighted by Crippen LogP contribution is 2.23. The summed E-state index contributed by atoms with van der Waals surface area (Å²) in [5, 5.41) is 11.1. The van der Waals surface area contributed by atoms with Crippen molar-refractivity contribution in [3.63, 3.8) is 0 Å². The topological polar surface area (TPSA) is 58.6 Å². The minimum Gasteiger partial charge on any atom is -0.406 e. The zero-order valence-electron chi connectivity index (χ0n) is 10.0. The number of alkyl halides is 3. The molecule has 4 nitrogen and oxygen atoms in total. The van der Waals surface area contributed by atoms with Crippen molar-refractivity contribution >= 4 is 5.91 Å². The third kappa shape index (κ3) is 6.66. The minimum absolute atomic E-state index is 0.0326. The van der Waals surface area contributed by atoms with Gasteiger partial charge in [0.2, 0.25) is 5.91 Å². The summed E-state index contributed by atoms with van der Waals surface area (Å²) in [4.78, 5) is 11.4. The lowest BCUT2D eigenvalue weighted by Crippen LogP contribution is -2.26. The van der Waals surface area contributed by atoms with E-state index < -0.39 is 6.36 Å². The maximum atomic E-state index is 12.0. The van der Waals surface area contributed by atoms with Gasteiger partial charge >= 0.3 is 6.36 Å². The van der Waals surface area contributed by atoms with E-state index in [1.54, 1.807) is 0 Å². The van der Waals surface area contributed by atoms with Gasteiger partial charge in [0.15, 0.2) is 0 Å². The van der Waals surface area contributed by atoms with Gasteiger partial charge in [-0.05, 0) is 24.1 Å². The Hall–Kier alpha value is -1.76. The number of amides is 1. The summed E-state index contributed by atoms with van der Waals surface area (Å²) in [6, 6.07) is 5.26. The monoisotopic (exact) mass is 277 g/mol. The Morgan fingerprint density at radius 2 is 2.11 bits per heavy atom. The molecule has 0 heterocycles. The lowest BCUT2D eigenvalue weighted by atomic mass is 10.1. The first-order chi connectivity index (χ1) is 8.90. The lowest BCUT2D eigenvalue weighted by Gasteiger charge is -2.10. The molecule has 1 amide bonds. The highest BCUT2D eigenvalue weighted by atomic mass is 19.4. The van der Waals surface area contributed by atoms with Crippen molar-refractivity contribution < 1.29 is 27.8 Å². The van der Waals surface area contributed by atoms with Crippen LogP contribution in [0.3, 0.4) is 0 Å². The van der Waals surface area contributed by atoms with Gasteiger partial charge in [-0.1, -0.05) is 12.1 Å². The third-order valence-corrected chi connectivity index (χ3v) is 2.15. The van der Waals surface area contributed by atoms with Gasteiger partial charge in [-0.25, -0.2) is 0 Å². The van der Waals surface area contributed by atoms with Crippen LogP contribution in [0.5, 0.6) is 5.75 Å². The number of benzene rings is 1. The van der Waals surface area contributed by atoms with Gasteiger partial charge < -0.3 is 15.2 Å². The predicted molar refractivity (Wildman–Crippen MR) is 61.5 cm³/mol. The summed E-state index contributed by atoms with van der Waals surface area (Å²) >= 11 is 0. The third-order valence-electron chi connectivity index (χ3n) is 2.15. The van der Waals surface area contributed by atoms with Gasteiger partial charge in [0.1, 0.15) is 5.75 Å². The molecular weight excluding hydrogens is 263 g/mol. The van der Waals surface area contributed by atoms with Gasteiger partial charge in [-0.15, -0.1) is 13.2 Å². The Morgan fingerprint density at radius 3 is 2.74 bits per heavy atom. The number of nitrogens with one attached hydrogen (secondary N) is 1. The van der Waals surface area contributed by atoms with Gasteiger partial charge in [0, 0.05) is 13.2 Å². The molecule has 0 aliphatic carbocycles. The molecule has 7 heteroatoms. The number of halogens is 3. The first-order valence-electron chi connectivity index (χ1n) is 5.63. The van der Waals surface area contributed by atoms with E-state index in [9.17, 15) is 18.0 Å². The van der Waals surface area contributed by atoms with Crippen molar-refractivity contribution in [2.24, 2.45) is 0 Å². The van der Waals surface area contributed by atoms with E-state index in [1.807, 2.05) is 0 Å². The number of carbonyl (C=O) groups is 1. The van der Waals surface area contributed by atoms with Crippen LogP contribution in [0.15, 0.2) is 24.3 Å². The molecule has 0 atom stereocenters. The van der Waals surface area contributed by atoms with Crippen LogP contribution in [0.1, 0.15) is 12.0 Å². The second kappa shape index (κ2) is 6.98. The fourth-order valence-electron chi connectivity index (χ4n) is 1.41. The Labute approximate surface area is 108 Å². The maximum Gasteiger partial charge on any atom is 0.573 e. The van der Waals surface area contributed by atoms with Crippen LogP contribution in [0, 0.1) is 0 Å². The fourth-order valence-corrected chi connectivity index (χ4v) is 1.41. The largest absolute Gasteiger partial charge is 0.573 e. The molecule has 0 bridgehead atoms. The minimum atomic E-state index is -4.75. The van der Waals surface area contributed by atoms with Crippen molar-refractivity contribution in [3.05, 3.63) is 29.8 Å². The van der Waals surface area contributed by atoms with Crippen LogP contribution in [-0.2, 0) is 11.2 Å². The first kappa shape index (κ1) is 15.3. The van der Waals surface area contributed by atoms with Crippen LogP contribution in [0.4, 0.5) is 13.2 Å². The molecule has 2 N–H and O–H groups in total. The zero-order chi connectivity index (χ0) is 14.3. The average Bonchev–Trinajstić information content (AvgIpc) is 2.27. The van der Waals surface area contributed by atoms with E-state index in [4.69, 9.17) is 5.11 Å². The molecule has 0 fully saturated rings. The van der Waals surface area contributed by atoms with Crippen LogP contribution >= 0.6 is 0 Å². The second-order valence-electron chi connectivity index (χ2n) is 3.80. The summed E-state index contributed by atoms with van der Waals surface area (Å²) in [6.07, 6.45) is -4.36. The normalized spacial score (nSPS) is 11.2. The summed E-state index contributed by atoms with van der Waals surface area (Å²) in [5.41, 5.74) is 0.420. The SMILES string of the molecule is O=C(Cc1cccc(OC(F)(F)F)c1)NCCCO. The molecule has 0 aliphatic rings. The summed E-state index contributed by atoms with van der Waals surface area (Å²) in [7, 11) is 0. The van der Waals surface area contributed by atoms with Crippen molar-refractivity contribution in [2.45, 2.75) is 19.2 Å². The van der Waals surface area contributed by atoms with Crippen LogP contribution < -0.4 is 10.1 Å². The molecule has 0 aliphatic heterocycles. The van der Waals surface area contributed by atoms with E-state index >= 15 is 0 Å². The van der Waals surface area contributed by atoms with Crippen molar-refractivity contribution in [1.29, 1.82) is 0 Å². The number of rotatable bonds is 6.